The average molecular weight is 769 g/mol. The highest BCUT2D eigenvalue weighted by molar-refractivity contribution is 6.01. The summed E-state index contributed by atoms with van der Waals surface area (Å²) < 4.78 is 40.9. The second-order valence-corrected chi connectivity index (χ2v) is 16.2. The Morgan fingerprint density at radius 1 is 0.852 bits per heavy atom. The van der Waals surface area contributed by atoms with Gasteiger partial charge in [0, 0.05) is 58.0 Å². The van der Waals surface area contributed by atoms with E-state index < -0.39 is 149 Å². The van der Waals surface area contributed by atoms with Crippen LogP contribution in [0.3, 0.4) is 0 Å². The van der Waals surface area contributed by atoms with Crippen LogP contribution in [0.5, 0.6) is 0 Å². The number of fused-ring (bicyclic) bond motifs is 7. The predicted molar refractivity (Wildman–Crippen MR) is 178 cm³/mol. The zero-order chi connectivity index (χ0) is 40.6. The highest BCUT2D eigenvalue weighted by Crippen LogP contribution is 2.77. The molecule has 3 N–H and O–H groups in total. The summed E-state index contributed by atoms with van der Waals surface area (Å²) >= 11 is 0. The van der Waals surface area contributed by atoms with Gasteiger partial charge in [0.2, 0.25) is 5.60 Å². The summed E-state index contributed by atoms with van der Waals surface area (Å²) in [7, 11) is 1.08. The number of aliphatic hydroxyl groups is 3. The Morgan fingerprint density at radius 2 is 1.41 bits per heavy atom. The SMILES string of the molecule is CCC1(COC(=O)CO)C(OC(C)=O)C(OC(C)=O)C2C(C)(CCC3C2(C)C(OC(C)=O)C(OC(C)=O)C2(C)C3(O)CC(=O)C3OC32C(=O)OC)C1CO. The summed E-state index contributed by atoms with van der Waals surface area (Å²) in [6.45, 7) is 9.00. The fourth-order valence-electron chi connectivity index (χ4n) is 12.0. The Morgan fingerprint density at radius 3 is 1.91 bits per heavy atom. The molecule has 14 atom stereocenters. The van der Waals surface area contributed by atoms with Crippen LogP contribution in [0.1, 0.15) is 81.1 Å². The van der Waals surface area contributed by atoms with Crippen molar-refractivity contribution in [3.05, 3.63) is 0 Å². The number of epoxide rings is 1. The summed E-state index contributed by atoms with van der Waals surface area (Å²) in [5.74, 6) is -9.20. The fraction of sp³-hybridized carbons (Fsp3) is 0.811. The second-order valence-electron chi connectivity index (χ2n) is 16.2. The number of ether oxygens (including phenoxy) is 7. The van der Waals surface area contributed by atoms with E-state index >= 15 is 0 Å². The first-order chi connectivity index (χ1) is 25.1. The number of hydrogen-bond acceptors (Lipinski definition) is 17. The number of carbonyl (C=O) groups is 7. The van der Waals surface area contributed by atoms with E-state index in [0.717, 1.165) is 34.8 Å². The van der Waals surface area contributed by atoms with Crippen LogP contribution in [0.15, 0.2) is 0 Å². The van der Waals surface area contributed by atoms with Gasteiger partial charge < -0.3 is 48.5 Å². The largest absolute Gasteiger partial charge is 0.467 e. The van der Waals surface area contributed by atoms with Crippen LogP contribution in [0.4, 0.5) is 0 Å². The molecule has 0 bridgehead atoms. The lowest BCUT2D eigenvalue weighted by Gasteiger charge is -2.74. The Labute approximate surface area is 312 Å². The molecule has 0 radical (unpaired) electrons. The minimum Gasteiger partial charge on any atom is -0.467 e. The van der Waals surface area contributed by atoms with Gasteiger partial charge in [0.25, 0.3) is 0 Å². The molecule has 17 heteroatoms. The number of hydrogen-bond donors (Lipinski definition) is 3. The molecule has 1 aliphatic heterocycles. The molecule has 1 heterocycles. The maximum atomic E-state index is 13.8. The zero-order valence-corrected chi connectivity index (χ0v) is 32.1. The molecule has 17 nitrogen and oxygen atoms in total. The first kappa shape index (κ1) is 41.5. The molecule has 302 valence electrons. The molecule has 1 saturated heterocycles. The molecule has 5 rings (SSSR count). The highest BCUT2D eigenvalue weighted by Gasteiger charge is 2.92. The smallest absolute Gasteiger partial charge is 0.342 e. The van der Waals surface area contributed by atoms with Gasteiger partial charge in [0.15, 0.2) is 18.0 Å². The van der Waals surface area contributed by atoms with Crippen LogP contribution in [0, 0.1) is 39.4 Å². The normalized spacial score (nSPS) is 44.5. The van der Waals surface area contributed by atoms with E-state index in [1.165, 1.54) is 6.92 Å². The van der Waals surface area contributed by atoms with E-state index in [1.54, 1.807) is 20.8 Å². The van der Waals surface area contributed by atoms with Gasteiger partial charge in [-0.15, -0.1) is 0 Å². The molecule has 54 heavy (non-hydrogen) atoms. The van der Waals surface area contributed by atoms with Crippen molar-refractivity contribution in [3.63, 3.8) is 0 Å². The Balaban J connectivity index is 1.88. The van der Waals surface area contributed by atoms with E-state index in [9.17, 15) is 48.9 Å². The van der Waals surface area contributed by atoms with Crippen molar-refractivity contribution in [3.8, 4) is 0 Å². The van der Waals surface area contributed by atoms with Crippen LogP contribution in [0.2, 0.25) is 0 Å². The van der Waals surface area contributed by atoms with E-state index in [1.807, 2.05) is 0 Å². The number of rotatable bonds is 10. The van der Waals surface area contributed by atoms with Gasteiger partial charge in [-0.3, -0.25) is 24.0 Å². The second kappa shape index (κ2) is 13.8. The lowest BCUT2D eigenvalue weighted by Crippen LogP contribution is -2.84. The maximum absolute atomic E-state index is 13.8. The number of Topliss-reactive ketones (excluding diaryl/α,β-unsaturated/α-hetero) is 1. The van der Waals surface area contributed by atoms with E-state index in [2.05, 4.69) is 0 Å². The van der Waals surface area contributed by atoms with Crippen LogP contribution < -0.4 is 0 Å². The first-order valence-electron chi connectivity index (χ1n) is 18.2. The minimum absolute atomic E-state index is 0.0487. The van der Waals surface area contributed by atoms with Gasteiger partial charge in [0.05, 0.1) is 23.5 Å². The van der Waals surface area contributed by atoms with Gasteiger partial charge in [0.1, 0.15) is 31.5 Å². The third kappa shape index (κ3) is 5.42. The number of methoxy groups -OCH3 is 1. The van der Waals surface area contributed by atoms with Crippen LogP contribution in [-0.2, 0) is 66.7 Å². The molecule has 14 unspecified atom stereocenters. The zero-order valence-electron chi connectivity index (χ0n) is 32.1. The standard InChI is InChI=1S/C37H52O17/c1-10-35(16-49-24(45)15-39)23(14-38)32(6)12-11-22-33(7,26(32)25(50-17(2)40)28(35)51-18(3)41)29(52-19(4)42)30(53-20(5)43)34(8)36(22,47)13-21(44)27-37(34,54-27)31(46)48-9/h22-23,25-30,38-39,47H,10-16H2,1-9H3. The molecule has 5 aliphatic rings. The molecule has 0 aromatic carbocycles. The monoisotopic (exact) mass is 768 g/mol. The van der Waals surface area contributed by atoms with Crippen molar-refractivity contribution in [2.24, 2.45) is 39.4 Å². The Bertz CT molecular complexity index is 1610. The minimum atomic E-state index is -2.25. The van der Waals surface area contributed by atoms with Crippen molar-refractivity contribution in [2.75, 3.05) is 26.9 Å². The van der Waals surface area contributed by atoms with Gasteiger partial charge in [-0.1, -0.05) is 20.8 Å². The quantitative estimate of drug-likeness (QED) is 0.154. The van der Waals surface area contributed by atoms with Crippen molar-refractivity contribution in [2.45, 2.75) is 123 Å². The molecule has 0 amide bonds. The molecule has 0 aromatic heterocycles. The maximum Gasteiger partial charge on any atom is 0.342 e. The van der Waals surface area contributed by atoms with Crippen LogP contribution in [0.25, 0.3) is 0 Å². The fourth-order valence-corrected chi connectivity index (χ4v) is 12.0. The lowest BCUT2D eigenvalue weighted by molar-refractivity contribution is -0.357. The van der Waals surface area contributed by atoms with Crippen LogP contribution >= 0.6 is 0 Å². The number of ketones is 1. The third-order valence-corrected chi connectivity index (χ3v) is 14.0. The number of aliphatic hydroxyl groups excluding tert-OH is 2. The Hall–Kier alpha value is -3.67. The van der Waals surface area contributed by atoms with Crippen molar-refractivity contribution in [1.29, 1.82) is 0 Å². The highest BCUT2D eigenvalue weighted by atomic mass is 16.7. The molecule has 4 saturated carbocycles. The summed E-state index contributed by atoms with van der Waals surface area (Å²) in [4.78, 5) is 92.4. The average Bonchev–Trinajstić information content (AvgIpc) is 3.86. The molecule has 0 aromatic rings. The Kier molecular flexibility index (Phi) is 10.6. The van der Waals surface area contributed by atoms with E-state index in [-0.39, 0.29) is 19.3 Å². The number of carbonyl (C=O) groups excluding carboxylic acids is 7. The van der Waals surface area contributed by atoms with E-state index in [0.29, 0.717) is 0 Å². The van der Waals surface area contributed by atoms with E-state index in [4.69, 9.17) is 33.2 Å². The first-order valence-corrected chi connectivity index (χ1v) is 18.2. The third-order valence-electron chi connectivity index (χ3n) is 14.0. The molecular weight excluding hydrogens is 716 g/mol. The summed E-state index contributed by atoms with van der Waals surface area (Å²) in [5, 5.41) is 34.3. The van der Waals surface area contributed by atoms with Crippen LogP contribution in [-0.4, -0.2) is 126 Å². The van der Waals surface area contributed by atoms with Crippen molar-refractivity contribution >= 4 is 41.6 Å². The topological polar surface area (TPSA) is 248 Å². The lowest BCUT2D eigenvalue weighted by atomic mass is 9.32. The van der Waals surface area contributed by atoms with Gasteiger partial charge in [-0.05, 0) is 37.5 Å². The summed E-state index contributed by atoms with van der Waals surface area (Å²) in [6.07, 6.45) is -7.86. The summed E-state index contributed by atoms with van der Waals surface area (Å²) in [5.41, 5.74) is -10.7. The molecule has 5 fully saturated rings. The molecular formula is C37H52O17. The van der Waals surface area contributed by atoms with Crippen molar-refractivity contribution < 1.29 is 82.0 Å². The number of esters is 6. The molecule has 4 aliphatic carbocycles. The molecule has 0 spiro atoms. The predicted octanol–water partition coefficient (Wildman–Crippen LogP) is 0.340. The van der Waals surface area contributed by atoms with Gasteiger partial charge in [-0.25, -0.2) is 9.59 Å². The van der Waals surface area contributed by atoms with Gasteiger partial charge in [-0.2, -0.15) is 0 Å². The van der Waals surface area contributed by atoms with Crippen molar-refractivity contribution in [1.82, 2.24) is 0 Å². The van der Waals surface area contributed by atoms with Gasteiger partial charge >= 0.3 is 35.8 Å². The summed E-state index contributed by atoms with van der Waals surface area (Å²) in [6, 6.07) is 0.